The second-order valence-corrected chi connectivity index (χ2v) is 9.73. The molecule has 6 aromatic carbocycles. The quantitative estimate of drug-likeness (QED) is 0.230. The van der Waals surface area contributed by atoms with E-state index >= 15 is 0 Å². The molecule has 0 fully saturated rings. The molecule has 0 nitrogen and oxygen atoms in total. The Hall–Kier alpha value is -3.68. The summed E-state index contributed by atoms with van der Waals surface area (Å²) in [5.41, 5.74) is 3.90. The molecular weight excluding hydrogens is 404 g/mol. The van der Waals surface area contributed by atoms with Crippen molar-refractivity contribution in [1.82, 2.24) is 0 Å². The maximum Gasteiger partial charge on any atom is 0.0358 e. The van der Waals surface area contributed by atoms with Gasteiger partial charge in [0.1, 0.15) is 0 Å². The number of aryl methyl sites for hydroxylation is 1. The molecule has 0 spiro atoms. The van der Waals surface area contributed by atoms with Crippen LogP contribution in [0.2, 0.25) is 0 Å². The molecule has 0 aliphatic rings. The summed E-state index contributed by atoms with van der Waals surface area (Å²) in [5.74, 6) is 0. The maximum atomic E-state index is 2.37. The van der Waals surface area contributed by atoms with Crippen molar-refractivity contribution >= 4 is 63.8 Å². The second-order valence-electron chi connectivity index (χ2n) is 8.64. The fraction of sp³-hybridized carbons (Fsp3) is 0.0323. The van der Waals surface area contributed by atoms with Crippen LogP contribution in [0.3, 0.4) is 0 Å². The lowest BCUT2D eigenvalue weighted by atomic mass is 9.94. The van der Waals surface area contributed by atoms with Crippen molar-refractivity contribution in [2.75, 3.05) is 0 Å². The number of hydrogen-bond donors (Lipinski definition) is 0. The van der Waals surface area contributed by atoms with Crippen LogP contribution in [0.25, 0.3) is 63.6 Å². The number of rotatable bonds is 1. The van der Waals surface area contributed by atoms with Crippen LogP contribution in [0.1, 0.15) is 5.56 Å². The van der Waals surface area contributed by atoms with Crippen LogP contribution in [0.4, 0.5) is 0 Å². The van der Waals surface area contributed by atoms with E-state index in [1.807, 2.05) is 11.3 Å². The van der Waals surface area contributed by atoms with Gasteiger partial charge in [-0.15, -0.1) is 11.3 Å². The van der Waals surface area contributed by atoms with Crippen LogP contribution >= 0.6 is 11.3 Å². The Morgan fingerprint density at radius 1 is 0.469 bits per heavy atom. The van der Waals surface area contributed by atoms with Crippen molar-refractivity contribution in [3.05, 3.63) is 109 Å². The van der Waals surface area contributed by atoms with Crippen LogP contribution < -0.4 is 0 Å². The molecule has 0 saturated carbocycles. The van der Waals surface area contributed by atoms with Gasteiger partial charge in [-0.2, -0.15) is 0 Å². The molecule has 0 saturated heterocycles. The summed E-state index contributed by atoms with van der Waals surface area (Å²) in [6.07, 6.45) is 0. The lowest BCUT2D eigenvalue weighted by molar-refractivity contribution is 1.55. The molecule has 0 aliphatic carbocycles. The zero-order valence-electron chi connectivity index (χ0n) is 17.7. The van der Waals surface area contributed by atoms with Gasteiger partial charge in [-0.3, -0.25) is 0 Å². The Balaban J connectivity index is 1.44. The highest BCUT2D eigenvalue weighted by molar-refractivity contribution is 7.25. The van der Waals surface area contributed by atoms with Gasteiger partial charge in [0.2, 0.25) is 0 Å². The van der Waals surface area contributed by atoms with Crippen LogP contribution in [0.15, 0.2) is 103 Å². The molecule has 0 aliphatic heterocycles. The summed E-state index contributed by atoms with van der Waals surface area (Å²) in [6.45, 7) is 2.21. The summed E-state index contributed by atoms with van der Waals surface area (Å²) in [4.78, 5) is 0. The highest BCUT2D eigenvalue weighted by atomic mass is 32.1. The predicted molar refractivity (Wildman–Crippen MR) is 142 cm³/mol. The maximum absolute atomic E-state index is 2.37. The molecule has 7 aromatic rings. The molecule has 32 heavy (non-hydrogen) atoms. The number of fused-ring (bicyclic) bond motifs is 8. The van der Waals surface area contributed by atoms with Gasteiger partial charge in [-0.05, 0) is 80.2 Å². The lowest BCUT2D eigenvalue weighted by Gasteiger charge is -2.10. The van der Waals surface area contributed by atoms with Crippen molar-refractivity contribution in [3.63, 3.8) is 0 Å². The molecule has 0 unspecified atom stereocenters. The highest BCUT2D eigenvalue weighted by Gasteiger charge is 2.10. The van der Waals surface area contributed by atoms with Crippen molar-refractivity contribution in [2.24, 2.45) is 0 Å². The zero-order valence-corrected chi connectivity index (χ0v) is 18.5. The smallest absolute Gasteiger partial charge is 0.0358 e. The number of hydrogen-bond acceptors (Lipinski definition) is 1. The number of thiophene rings is 1. The van der Waals surface area contributed by atoms with E-state index in [2.05, 4.69) is 110 Å². The van der Waals surface area contributed by atoms with Crippen LogP contribution in [0, 0.1) is 6.92 Å². The molecule has 1 aromatic heterocycles. The van der Waals surface area contributed by atoms with E-state index in [4.69, 9.17) is 0 Å². The molecule has 1 heteroatoms. The Morgan fingerprint density at radius 2 is 1.19 bits per heavy atom. The van der Waals surface area contributed by atoms with E-state index in [-0.39, 0.29) is 0 Å². The monoisotopic (exact) mass is 424 g/mol. The topological polar surface area (TPSA) is 0 Å². The molecule has 1 heterocycles. The minimum absolute atomic E-state index is 1.27. The van der Waals surface area contributed by atoms with Crippen molar-refractivity contribution in [1.29, 1.82) is 0 Å². The Kier molecular flexibility index (Phi) is 3.73. The van der Waals surface area contributed by atoms with Crippen molar-refractivity contribution in [2.45, 2.75) is 6.92 Å². The van der Waals surface area contributed by atoms with Gasteiger partial charge in [-0.1, -0.05) is 78.9 Å². The van der Waals surface area contributed by atoms with Crippen molar-refractivity contribution < 1.29 is 0 Å². The Labute approximate surface area is 190 Å². The Bertz CT molecular complexity index is 1840. The summed E-state index contributed by atoms with van der Waals surface area (Å²) < 4.78 is 2.73. The molecule has 0 amide bonds. The second kappa shape index (κ2) is 6.66. The summed E-state index contributed by atoms with van der Waals surface area (Å²) in [7, 11) is 0. The van der Waals surface area contributed by atoms with Crippen LogP contribution in [-0.2, 0) is 0 Å². The van der Waals surface area contributed by atoms with Gasteiger partial charge in [-0.25, -0.2) is 0 Å². The average Bonchev–Trinajstić information content (AvgIpc) is 3.22. The average molecular weight is 425 g/mol. The summed E-state index contributed by atoms with van der Waals surface area (Å²) in [6, 6.07) is 38.1. The first-order chi connectivity index (χ1) is 15.8. The fourth-order valence-corrected chi connectivity index (χ4v) is 6.36. The van der Waals surface area contributed by atoms with Gasteiger partial charge in [0, 0.05) is 20.2 Å². The third-order valence-corrected chi connectivity index (χ3v) is 7.91. The minimum Gasteiger partial charge on any atom is -0.135 e. The minimum atomic E-state index is 1.27. The molecule has 150 valence electrons. The molecule has 0 radical (unpaired) electrons. The van der Waals surface area contributed by atoms with Crippen molar-refractivity contribution in [3.8, 4) is 11.1 Å². The third kappa shape index (κ3) is 2.55. The zero-order chi connectivity index (χ0) is 21.2. The predicted octanol–water partition coefficient (Wildman–Crippen LogP) is 9.49. The van der Waals surface area contributed by atoms with Gasteiger partial charge >= 0.3 is 0 Å². The molecule has 0 atom stereocenters. The third-order valence-electron chi connectivity index (χ3n) is 6.78. The largest absolute Gasteiger partial charge is 0.135 e. The summed E-state index contributed by atoms with van der Waals surface area (Å²) in [5, 5.41) is 10.6. The van der Waals surface area contributed by atoms with Gasteiger partial charge in [0.05, 0.1) is 0 Å². The SMILES string of the molecule is Cc1cccc2sc3ccc(-c4ccc5c(ccc6c7ccccc7ccc56)c4)cc3c12. The van der Waals surface area contributed by atoms with E-state index in [0.29, 0.717) is 0 Å². The molecule has 0 N–H and O–H groups in total. The van der Waals surface area contributed by atoms with E-state index in [0.717, 1.165) is 0 Å². The lowest BCUT2D eigenvalue weighted by Crippen LogP contribution is -1.83. The number of benzene rings is 6. The molecular formula is C31H20S. The summed E-state index contributed by atoms with van der Waals surface area (Å²) >= 11 is 1.88. The van der Waals surface area contributed by atoms with Crippen LogP contribution in [-0.4, -0.2) is 0 Å². The molecule has 0 bridgehead atoms. The van der Waals surface area contributed by atoms with E-state index in [9.17, 15) is 0 Å². The normalized spacial score (nSPS) is 11.9. The van der Waals surface area contributed by atoms with Crippen LogP contribution in [0.5, 0.6) is 0 Å². The van der Waals surface area contributed by atoms with Gasteiger partial charge < -0.3 is 0 Å². The first kappa shape index (κ1) is 17.9. The molecule has 7 rings (SSSR count). The van der Waals surface area contributed by atoms with E-state index in [1.165, 1.54) is 69.2 Å². The van der Waals surface area contributed by atoms with E-state index in [1.54, 1.807) is 0 Å². The van der Waals surface area contributed by atoms with Gasteiger partial charge in [0.25, 0.3) is 0 Å². The highest BCUT2D eigenvalue weighted by Crippen LogP contribution is 2.39. The van der Waals surface area contributed by atoms with Gasteiger partial charge in [0.15, 0.2) is 0 Å². The Morgan fingerprint density at radius 3 is 2.09 bits per heavy atom. The standard InChI is InChI=1S/C31H20S/c1-19-5-4-8-30-31(19)28-18-22(12-16-29(28)32-30)21-10-13-25-23(17-21)11-15-26-24-7-3-2-6-20(24)9-14-27(25)26/h2-18H,1H3. The van der Waals surface area contributed by atoms with E-state index < -0.39 is 0 Å². The first-order valence-corrected chi connectivity index (χ1v) is 11.8. The fourth-order valence-electron chi connectivity index (χ4n) is 5.19. The first-order valence-electron chi connectivity index (χ1n) is 11.0.